The monoisotopic (exact) mass is 801 g/mol. The molecule has 0 unspecified atom stereocenters. The number of benzene rings is 10. The van der Waals surface area contributed by atoms with Crippen LogP contribution in [-0.4, -0.2) is 9.97 Å². The van der Waals surface area contributed by atoms with Crippen LogP contribution < -0.4 is 4.90 Å². The summed E-state index contributed by atoms with van der Waals surface area (Å²) in [4.78, 5) is 12.9. The van der Waals surface area contributed by atoms with E-state index in [-0.39, 0.29) is 0 Å². The summed E-state index contributed by atoms with van der Waals surface area (Å²) in [6, 6.07) is 84.8. The van der Waals surface area contributed by atoms with Crippen LogP contribution in [0.4, 0.5) is 17.1 Å². The molecule has 0 amide bonds. The minimum atomic E-state index is 0.910. The molecule has 2 heterocycles. The van der Waals surface area contributed by atoms with E-state index in [1.807, 2.05) is 0 Å². The summed E-state index contributed by atoms with van der Waals surface area (Å²) in [5.41, 5.74) is 15.3. The Bertz CT molecular complexity index is 3560. The van der Waals surface area contributed by atoms with Crippen molar-refractivity contribution in [2.75, 3.05) is 4.90 Å². The van der Waals surface area contributed by atoms with Crippen molar-refractivity contribution in [2.24, 2.45) is 0 Å². The zero-order valence-corrected chi connectivity index (χ0v) is 34.4. The zero-order valence-electron chi connectivity index (χ0n) is 34.4. The quantitative estimate of drug-likeness (QED) is 0.119. The standard InChI is InChI=1S/C60H39N3/c1-4-12-40(13-5-1)42-22-29-51(30-23-42)63(52-31-24-43(25-32-52)41-14-6-2-7-15-41)53-33-26-47-36-49-38-48(21-20-46(49)37-50(47)39-53)56-35-28-45-27-34-55-58(44-16-8-3-9-17-44)54-18-10-11-19-57(54)62-60(55)59(45)61-56/h1-39H. The molecule has 0 fully saturated rings. The Morgan fingerprint density at radius 1 is 0.270 bits per heavy atom. The summed E-state index contributed by atoms with van der Waals surface area (Å²) < 4.78 is 0. The van der Waals surface area contributed by atoms with Crippen molar-refractivity contribution in [1.82, 2.24) is 9.97 Å². The highest BCUT2D eigenvalue weighted by Crippen LogP contribution is 2.40. The van der Waals surface area contributed by atoms with Crippen molar-refractivity contribution in [2.45, 2.75) is 0 Å². The molecule has 63 heavy (non-hydrogen) atoms. The summed E-state index contributed by atoms with van der Waals surface area (Å²) in [5, 5.41) is 8.04. The van der Waals surface area contributed by atoms with Crippen molar-refractivity contribution < 1.29 is 0 Å². The lowest BCUT2D eigenvalue weighted by molar-refractivity contribution is 1.29. The van der Waals surface area contributed by atoms with Gasteiger partial charge in [-0.2, -0.15) is 0 Å². The Hall–Kier alpha value is -8.40. The van der Waals surface area contributed by atoms with E-state index in [2.05, 4.69) is 241 Å². The van der Waals surface area contributed by atoms with Crippen molar-refractivity contribution in [3.63, 3.8) is 0 Å². The maximum Gasteiger partial charge on any atom is 0.0978 e. The Morgan fingerprint density at radius 2 is 0.762 bits per heavy atom. The van der Waals surface area contributed by atoms with Crippen molar-refractivity contribution in [1.29, 1.82) is 0 Å². The van der Waals surface area contributed by atoms with E-state index in [4.69, 9.17) is 9.97 Å². The first-order valence-electron chi connectivity index (χ1n) is 21.5. The fourth-order valence-corrected chi connectivity index (χ4v) is 9.21. The van der Waals surface area contributed by atoms with Crippen LogP contribution >= 0.6 is 0 Å². The number of para-hydroxylation sites is 1. The highest BCUT2D eigenvalue weighted by atomic mass is 15.1. The van der Waals surface area contributed by atoms with Crippen LogP contribution in [0.25, 0.3) is 98.9 Å². The highest BCUT2D eigenvalue weighted by molar-refractivity contribution is 6.16. The molecule has 0 aliphatic heterocycles. The largest absolute Gasteiger partial charge is 0.310 e. The van der Waals surface area contributed by atoms with E-state index < -0.39 is 0 Å². The van der Waals surface area contributed by atoms with Gasteiger partial charge in [0.2, 0.25) is 0 Å². The van der Waals surface area contributed by atoms with Crippen LogP contribution in [-0.2, 0) is 0 Å². The molecule has 0 spiro atoms. The van der Waals surface area contributed by atoms with E-state index in [9.17, 15) is 0 Å². The number of nitrogens with zero attached hydrogens (tertiary/aromatic N) is 3. The normalized spacial score (nSPS) is 11.5. The van der Waals surface area contributed by atoms with Gasteiger partial charge >= 0.3 is 0 Å². The number of hydrogen-bond acceptors (Lipinski definition) is 3. The smallest absolute Gasteiger partial charge is 0.0978 e. The second kappa shape index (κ2) is 15.3. The lowest BCUT2D eigenvalue weighted by atomic mass is 9.95. The van der Waals surface area contributed by atoms with Gasteiger partial charge in [0.1, 0.15) is 0 Å². The third-order valence-corrected chi connectivity index (χ3v) is 12.4. The van der Waals surface area contributed by atoms with E-state index in [0.29, 0.717) is 0 Å². The topological polar surface area (TPSA) is 29.0 Å². The second-order valence-corrected chi connectivity index (χ2v) is 16.2. The van der Waals surface area contributed by atoms with Crippen molar-refractivity contribution >= 4 is 71.3 Å². The molecule has 0 saturated heterocycles. The molecule has 0 atom stereocenters. The molecule has 0 bridgehead atoms. The minimum absolute atomic E-state index is 0.910. The van der Waals surface area contributed by atoms with Crippen molar-refractivity contribution in [3.05, 3.63) is 237 Å². The van der Waals surface area contributed by atoms with Crippen LogP contribution in [0.5, 0.6) is 0 Å². The summed E-state index contributed by atoms with van der Waals surface area (Å²) in [7, 11) is 0. The van der Waals surface area contributed by atoms with Gasteiger partial charge in [-0.15, -0.1) is 0 Å². The van der Waals surface area contributed by atoms with Crippen molar-refractivity contribution in [3.8, 4) is 44.6 Å². The molecule has 12 aromatic rings. The SMILES string of the molecule is c1ccc(-c2ccc(N(c3ccc(-c4ccccc4)cc3)c3ccc4cc5cc(-c6ccc7ccc8c(-c9ccccc9)c9ccccc9nc8c7n6)ccc5cc4c3)cc2)cc1. The third kappa shape index (κ3) is 6.64. The van der Waals surface area contributed by atoms with Gasteiger partial charge in [-0.25, -0.2) is 9.97 Å². The Kier molecular flexibility index (Phi) is 8.83. The summed E-state index contributed by atoms with van der Waals surface area (Å²) in [5.74, 6) is 0. The molecule has 10 aromatic carbocycles. The van der Waals surface area contributed by atoms with Crippen LogP contribution in [0.2, 0.25) is 0 Å². The molecule has 12 rings (SSSR count). The fraction of sp³-hybridized carbons (Fsp3) is 0. The molecular weight excluding hydrogens is 763 g/mol. The molecular formula is C60H39N3. The molecule has 294 valence electrons. The summed E-state index contributed by atoms with van der Waals surface area (Å²) in [6.45, 7) is 0. The van der Waals surface area contributed by atoms with E-state index in [0.717, 1.165) is 61.0 Å². The van der Waals surface area contributed by atoms with Gasteiger partial charge in [0.25, 0.3) is 0 Å². The van der Waals surface area contributed by atoms with Gasteiger partial charge in [0, 0.05) is 44.3 Å². The van der Waals surface area contributed by atoms with Gasteiger partial charge in [-0.3, -0.25) is 0 Å². The number of hydrogen-bond donors (Lipinski definition) is 0. The molecule has 0 N–H and O–H groups in total. The first-order valence-corrected chi connectivity index (χ1v) is 21.5. The number of pyridine rings is 2. The van der Waals surface area contributed by atoms with Gasteiger partial charge in [-0.1, -0.05) is 170 Å². The number of aromatic nitrogens is 2. The first kappa shape index (κ1) is 36.5. The maximum absolute atomic E-state index is 5.35. The first-order chi connectivity index (χ1) is 31.2. The number of fused-ring (bicyclic) bond motifs is 6. The van der Waals surface area contributed by atoms with Crippen LogP contribution in [0.3, 0.4) is 0 Å². The molecule has 3 heteroatoms. The lowest BCUT2D eigenvalue weighted by Gasteiger charge is -2.26. The van der Waals surface area contributed by atoms with Gasteiger partial charge in [0.15, 0.2) is 0 Å². The maximum atomic E-state index is 5.35. The number of rotatable bonds is 7. The molecule has 0 aliphatic rings. The fourth-order valence-electron chi connectivity index (χ4n) is 9.21. The molecule has 2 aromatic heterocycles. The average molecular weight is 802 g/mol. The van der Waals surface area contributed by atoms with Crippen LogP contribution in [0.1, 0.15) is 0 Å². The Morgan fingerprint density at radius 3 is 1.41 bits per heavy atom. The summed E-state index contributed by atoms with van der Waals surface area (Å²) >= 11 is 0. The molecule has 0 aliphatic carbocycles. The zero-order chi connectivity index (χ0) is 41.7. The highest BCUT2D eigenvalue weighted by Gasteiger charge is 2.17. The predicted octanol–water partition coefficient (Wildman–Crippen LogP) is 16.4. The second-order valence-electron chi connectivity index (χ2n) is 16.2. The predicted molar refractivity (Wildman–Crippen MR) is 266 cm³/mol. The van der Waals surface area contributed by atoms with Crippen LogP contribution in [0.15, 0.2) is 237 Å². The van der Waals surface area contributed by atoms with E-state index in [1.165, 1.54) is 54.9 Å². The van der Waals surface area contributed by atoms with Gasteiger partial charge in [0.05, 0.1) is 22.2 Å². The third-order valence-electron chi connectivity index (χ3n) is 12.4. The Balaban J connectivity index is 0.933. The van der Waals surface area contributed by atoms with Gasteiger partial charge < -0.3 is 4.90 Å². The molecule has 0 saturated carbocycles. The van der Waals surface area contributed by atoms with Crippen LogP contribution in [0, 0.1) is 0 Å². The Labute approximate surface area is 365 Å². The number of anilines is 3. The minimum Gasteiger partial charge on any atom is -0.310 e. The summed E-state index contributed by atoms with van der Waals surface area (Å²) in [6.07, 6.45) is 0. The molecule has 3 nitrogen and oxygen atoms in total. The van der Waals surface area contributed by atoms with Gasteiger partial charge in [-0.05, 0) is 116 Å². The van der Waals surface area contributed by atoms with E-state index in [1.54, 1.807) is 0 Å². The lowest BCUT2D eigenvalue weighted by Crippen LogP contribution is -2.09. The molecule has 0 radical (unpaired) electrons. The van der Waals surface area contributed by atoms with E-state index >= 15 is 0 Å². The average Bonchev–Trinajstić information content (AvgIpc) is 3.36.